The Kier molecular flexibility index (Phi) is 32.5. The molecule has 0 fully saturated rings. The maximum absolute atomic E-state index is 13.2. The molecule has 0 spiro atoms. The summed E-state index contributed by atoms with van der Waals surface area (Å²) in [6, 6.07) is 32.2. The van der Waals surface area contributed by atoms with E-state index >= 15 is 0 Å². The van der Waals surface area contributed by atoms with E-state index in [0.717, 1.165) is 72.3 Å². The number of para-hydroxylation sites is 2. The second kappa shape index (κ2) is 35.2. The van der Waals surface area contributed by atoms with Crippen molar-refractivity contribution < 1.29 is 38.3 Å². The van der Waals surface area contributed by atoms with Gasteiger partial charge in [-0.15, -0.1) is 0 Å². The van der Waals surface area contributed by atoms with Gasteiger partial charge in [0, 0.05) is 9.79 Å². The number of rotatable bonds is 32. The van der Waals surface area contributed by atoms with Crippen molar-refractivity contribution in [3.63, 3.8) is 0 Å². The number of hydrogen-bond acceptors (Lipinski definition) is 8. The molecule has 0 saturated heterocycles. The molecule has 4 aromatic carbocycles. The molecule has 2 unspecified atom stereocenters. The minimum Gasteiger partial charge on any atom is -0.783 e. The van der Waals surface area contributed by atoms with Gasteiger partial charge in [0.05, 0.1) is 0 Å². The van der Waals surface area contributed by atoms with E-state index in [4.69, 9.17) is 32.7 Å². The van der Waals surface area contributed by atoms with Gasteiger partial charge >= 0.3 is 19.5 Å². The maximum atomic E-state index is 13.2. The Hall–Kier alpha value is -0.977. The van der Waals surface area contributed by atoms with E-state index in [1.165, 1.54) is 137 Å². The third-order valence-corrected chi connectivity index (χ3v) is 18.2. The largest absolute Gasteiger partial charge is 2.00 e. The zero-order chi connectivity index (χ0) is 44.7. The molecule has 0 aliphatic heterocycles. The molecule has 0 aliphatic rings. The molecule has 63 heavy (non-hydrogen) atoms. The van der Waals surface area contributed by atoms with Crippen LogP contribution in [0.5, 0.6) is 11.5 Å². The van der Waals surface area contributed by atoms with E-state index in [9.17, 15) is 9.79 Å². The van der Waals surface area contributed by atoms with Crippen LogP contribution >= 0.6 is 34.2 Å². The summed E-state index contributed by atoms with van der Waals surface area (Å²) < 4.78 is 11.9. The van der Waals surface area contributed by atoms with E-state index < -0.39 is 11.4 Å². The van der Waals surface area contributed by atoms with Crippen molar-refractivity contribution in [3.05, 3.63) is 119 Å². The van der Waals surface area contributed by atoms with Crippen molar-refractivity contribution in [2.75, 3.05) is 0 Å². The van der Waals surface area contributed by atoms with Gasteiger partial charge in [0.25, 0.3) is 0 Å². The van der Waals surface area contributed by atoms with E-state index in [0.29, 0.717) is 11.5 Å². The number of benzene rings is 4. The van der Waals surface area contributed by atoms with Gasteiger partial charge in [-0.1, -0.05) is 250 Å². The summed E-state index contributed by atoms with van der Waals surface area (Å²) in [5, 5.41) is 0. The van der Waals surface area contributed by atoms with Gasteiger partial charge in [-0.25, -0.2) is 0 Å². The van der Waals surface area contributed by atoms with Crippen LogP contribution in [0.3, 0.4) is 0 Å². The third kappa shape index (κ3) is 25.7. The summed E-state index contributed by atoms with van der Waals surface area (Å²) >= 11 is 13.4. The second-order valence-corrected chi connectivity index (χ2v) is 28.0. The minimum absolute atomic E-state index is 0. The molecule has 0 bridgehead atoms. The molecule has 0 aromatic heterocycles. The Labute approximate surface area is 415 Å². The van der Waals surface area contributed by atoms with Gasteiger partial charge in [0.2, 0.25) is 0 Å². The summed E-state index contributed by atoms with van der Waals surface area (Å²) in [6.07, 6.45) is 28.6. The molecule has 0 aliphatic carbocycles. The standard InChI is InChI=1S/2C26H39O2PS2.Zn/c2*1-3-5-7-9-11-17-23-18-13-15-21-25(23)28-29(27,30)31-26-22-16-14-20-24(26)19-12-10-8-6-4-2;/h2*13-16,18,20-22H,3-12,17,19H2,1-2H3,(H,27,30);/q;;+2/p-2. The smallest absolute Gasteiger partial charge is 0.783 e. The third-order valence-electron chi connectivity index (χ3n) is 10.9. The second-order valence-electron chi connectivity index (χ2n) is 16.3. The van der Waals surface area contributed by atoms with Crippen LogP contribution in [0.2, 0.25) is 0 Å². The van der Waals surface area contributed by atoms with Gasteiger partial charge in [-0.2, -0.15) is 0 Å². The van der Waals surface area contributed by atoms with E-state index in [1.54, 1.807) is 0 Å². The molecule has 11 heteroatoms. The summed E-state index contributed by atoms with van der Waals surface area (Å²) in [5.41, 5.74) is -1.92. The van der Waals surface area contributed by atoms with Crippen molar-refractivity contribution in [1.29, 1.82) is 0 Å². The first-order chi connectivity index (χ1) is 30.1. The molecule has 4 rings (SSSR count). The topological polar surface area (TPSA) is 64.6 Å². The predicted octanol–water partition coefficient (Wildman–Crippen LogP) is 16.9. The quantitative estimate of drug-likeness (QED) is 0.0272. The first-order valence-corrected chi connectivity index (χ1v) is 31.9. The average Bonchev–Trinajstić information content (AvgIpc) is 3.25. The minimum atomic E-state index is -3.29. The maximum Gasteiger partial charge on any atom is 2.00 e. The summed E-state index contributed by atoms with van der Waals surface area (Å²) in [5.74, 6) is 1.36. The van der Waals surface area contributed by atoms with Crippen LogP contribution in [0.15, 0.2) is 107 Å². The molecule has 0 radical (unpaired) electrons. The van der Waals surface area contributed by atoms with Gasteiger partial charge in [-0.05, 0) is 97.9 Å². The molecule has 0 heterocycles. The fourth-order valence-corrected chi connectivity index (χ4v) is 14.8. The van der Waals surface area contributed by atoms with Crippen molar-refractivity contribution in [1.82, 2.24) is 0 Å². The molecule has 0 amide bonds. The van der Waals surface area contributed by atoms with Crippen molar-refractivity contribution in [2.45, 2.75) is 192 Å². The molecule has 4 aromatic rings. The Morgan fingerprint density at radius 2 is 0.635 bits per heavy atom. The monoisotopic (exact) mass is 1020 g/mol. The fourth-order valence-electron chi connectivity index (χ4n) is 7.39. The van der Waals surface area contributed by atoms with Crippen molar-refractivity contribution in [3.8, 4) is 11.5 Å². The first-order valence-electron chi connectivity index (χ1n) is 23.8. The van der Waals surface area contributed by atoms with Crippen LogP contribution in [-0.4, -0.2) is 0 Å². The van der Waals surface area contributed by atoms with Crippen LogP contribution in [0, 0.1) is 0 Å². The Morgan fingerprint density at radius 3 is 0.952 bits per heavy atom. The number of hydrogen-bond donors (Lipinski definition) is 0. The normalized spacial score (nSPS) is 12.9. The van der Waals surface area contributed by atoms with Crippen molar-refractivity contribution in [2.24, 2.45) is 0 Å². The van der Waals surface area contributed by atoms with E-state index in [-0.39, 0.29) is 19.5 Å². The molecule has 4 nitrogen and oxygen atoms in total. The van der Waals surface area contributed by atoms with Crippen molar-refractivity contribution >= 4 is 57.8 Å². The Morgan fingerprint density at radius 1 is 0.381 bits per heavy atom. The summed E-state index contributed by atoms with van der Waals surface area (Å²) in [4.78, 5) is 28.5. The van der Waals surface area contributed by atoms with Crippen LogP contribution in [0.25, 0.3) is 0 Å². The Balaban J connectivity index is 0.000000427. The zero-order valence-electron chi connectivity index (χ0n) is 39.1. The zero-order valence-corrected chi connectivity index (χ0v) is 47.1. The van der Waals surface area contributed by atoms with Gasteiger partial charge in [0.1, 0.15) is 22.9 Å². The number of unbranched alkanes of at least 4 members (excludes halogenated alkanes) is 16. The number of aryl methyl sites for hydroxylation is 4. The molecular weight excluding hydrogens is 944 g/mol. The van der Waals surface area contributed by atoms with E-state index in [1.807, 2.05) is 60.7 Å². The fraction of sp³-hybridized carbons (Fsp3) is 0.538. The SMILES string of the molecule is CCCCCCCc1ccccc1OP([O-])(=S)Sc1ccccc1CCCCCCC.CCCCCCCc1ccccc1OP([O-])(=S)Sc1ccccc1CCCCCCC.[Zn+2]. The van der Waals surface area contributed by atoms with Gasteiger partial charge < -0.3 is 18.8 Å². The van der Waals surface area contributed by atoms with Crippen LogP contribution in [0.1, 0.15) is 178 Å². The molecule has 0 saturated carbocycles. The van der Waals surface area contributed by atoms with Crippen LogP contribution in [-0.2, 0) is 68.8 Å². The first kappa shape index (κ1) is 58.1. The van der Waals surface area contributed by atoms with Gasteiger partial charge in [0.15, 0.2) is 0 Å². The molecule has 344 valence electrons. The predicted molar refractivity (Wildman–Crippen MR) is 277 cm³/mol. The van der Waals surface area contributed by atoms with Gasteiger partial charge in [-0.3, -0.25) is 0 Å². The summed E-state index contributed by atoms with van der Waals surface area (Å²) in [7, 11) is 0. The summed E-state index contributed by atoms with van der Waals surface area (Å²) in [6.45, 7) is 8.93. The molecule has 0 N–H and O–H groups in total. The molecular formula is C52H76O4P2S4Zn. The average molecular weight is 1020 g/mol. The molecule has 2 atom stereocenters. The van der Waals surface area contributed by atoms with E-state index in [2.05, 4.69) is 64.1 Å². The van der Waals surface area contributed by atoms with Crippen LogP contribution < -0.4 is 18.8 Å². The Bertz CT molecular complexity index is 1630. The van der Waals surface area contributed by atoms with Crippen LogP contribution in [0.4, 0.5) is 0 Å².